The molecule has 0 aliphatic carbocycles. The van der Waals surface area contributed by atoms with Gasteiger partial charge in [-0.15, -0.1) is 12.4 Å². The Morgan fingerprint density at radius 3 is 2.65 bits per heavy atom. The van der Waals surface area contributed by atoms with Crippen molar-refractivity contribution in [2.75, 3.05) is 6.61 Å². The standard InChI is InChI=1S/C11H12F2N2O.ClH/c12-11(13,6-16)10(14)8-5-15-9-4-2-1-3-7(8)9;/h1-5,10,15-16H,6,14H2;1H/t10-;/m0./s1. The first-order valence-electron chi connectivity index (χ1n) is 4.86. The van der Waals surface area contributed by atoms with Gasteiger partial charge in [-0.2, -0.15) is 0 Å². The van der Waals surface area contributed by atoms with Crippen LogP contribution in [-0.4, -0.2) is 22.6 Å². The van der Waals surface area contributed by atoms with Crippen LogP contribution in [0.2, 0.25) is 0 Å². The van der Waals surface area contributed by atoms with Gasteiger partial charge in [0.1, 0.15) is 6.61 Å². The summed E-state index contributed by atoms with van der Waals surface area (Å²) in [4.78, 5) is 2.87. The average molecular weight is 263 g/mol. The van der Waals surface area contributed by atoms with Gasteiger partial charge in [-0.25, -0.2) is 8.78 Å². The van der Waals surface area contributed by atoms with Gasteiger partial charge in [-0.3, -0.25) is 0 Å². The van der Waals surface area contributed by atoms with Gasteiger partial charge in [0.15, 0.2) is 0 Å². The Balaban J connectivity index is 0.00000144. The van der Waals surface area contributed by atoms with Crippen LogP contribution in [0.3, 0.4) is 0 Å². The van der Waals surface area contributed by atoms with Gasteiger partial charge in [0.05, 0.1) is 6.04 Å². The Kier molecular flexibility index (Phi) is 4.08. The highest BCUT2D eigenvalue weighted by Crippen LogP contribution is 2.32. The largest absolute Gasteiger partial charge is 0.390 e. The zero-order valence-corrected chi connectivity index (χ0v) is 9.68. The summed E-state index contributed by atoms with van der Waals surface area (Å²) in [5, 5.41) is 9.25. The maximum Gasteiger partial charge on any atom is 0.289 e. The van der Waals surface area contributed by atoms with Crippen molar-refractivity contribution in [3.05, 3.63) is 36.0 Å². The van der Waals surface area contributed by atoms with Crippen LogP contribution in [0.25, 0.3) is 10.9 Å². The first-order chi connectivity index (χ1) is 7.56. The molecule has 0 saturated carbocycles. The summed E-state index contributed by atoms with van der Waals surface area (Å²) in [6.07, 6.45) is 1.46. The quantitative estimate of drug-likeness (QED) is 0.794. The number of rotatable bonds is 3. The van der Waals surface area contributed by atoms with Gasteiger partial charge in [0.2, 0.25) is 0 Å². The van der Waals surface area contributed by atoms with Crippen molar-refractivity contribution in [2.45, 2.75) is 12.0 Å². The zero-order chi connectivity index (χ0) is 11.8. The highest BCUT2D eigenvalue weighted by molar-refractivity contribution is 5.85. The second kappa shape index (κ2) is 5.00. The van der Waals surface area contributed by atoms with Crippen LogP contribution in [0.5, 0.6) is 0 Å². The van der Waals surface area contributed by atoms with Crippen LogP contribution in [0.1, 0.15) is 11.6 Å². The lowest BCUT2D eigenvalue weighted by Crippen LogP contribution is -2.36. The van der Waals surface area contributed by atoms with E-state index in [0.29, 0.717) is 10.9 Å². The Bertz CT molecular complexity index is 501. The molecule has 17 heavy (non-hydrogen) atoms. The first-order valence-corrected chi connectivity index (χ1v) is 4.86. The van der Waals surface area contributed by atoms with Crippen molar-refractivity contribution in [2.24, 2.45) is 5.73 Å². The summed E-state index contributed by atoms with van der Waals surface area (Å²) < 4.78 is 26.5. The molecule has 0 aliphatic heterocycles. The summed E-state index contributed by atoms with van der Waals surface area (Å²) in [5.41, 5.74) is 6.53. The lowest BCUT2D eigenvalue weighted by Gasteiger charge is -2.20. The van der Waals surface area contributed by atoms with Crippen molar-refractivity contribution in [1.82, 2.24) is 4.98 Å². The smallest absolute Gasteiger partial charge is 0.289 e. The lowest BCUT2D eigenvalue weighted by atomic mass is 10.0. The number of H-pyrrole nitrogens is 1. The molecule has 1 aromatic carbocycles. The number of fused-ring (bicyclic) bond motifs is 1. The molecule has 0 saturated heterocycles. The van der Waals surface area contributed by atoms with E-state index in [1.165, 1.54) is 6.20 Å². The maximum atomic E-state index is 13.2. The van der Waals surface area contributed by atoms with Crippen LogP contribution in [-0.2, 0) is 0 Å². The molecule has 0 amide bonds. The van der Waals surface area contributed by atoms with E-state index in [-0.39, 0.29) is 12.4 Å². The van der Waals surface area contributed by atoms with Gasteiger partial charge >= 0.3 is 0 Å². The molecule has 3 nitrogen and oxygen atoms in total. The van der Waals surface area contributed by atoms with Crippen molar-refractivity contribution >= 4 is 23.3 Å². The Morgan fingerprint density at radius 2 is 2.00 bits per heavy atom. The number of aromatic amines is 1. The van der Waals surface area contributed by atoms with Gasteiger partial charge in [0.25, 0.3) is 5.92 Å². The molecule has 1 atom stereocenters. The Labute approximate surface area is 103 Å². The van der Waals surface area contributed by atoms with Gasteiger partial charge in [-0.1, -0.05) is 18.2 Å². The number of aliphatic hydroxyl groups excluding tert-OH is 1. The summed E-state index contributed by atoms with van der Waals surface area (Å²) in [7, 11) is 0. The van der Waals surface area contributed by atoms with Crippen LogP contribution in [0, 0.1) is 0 Å². The normalized spacial score (nSPS) is 13.4. The van der Waals surface area contributed by atoms with Crippen molar-refractivity contribution < 1.29 is 13.9 Å². The van der Waals surface area contributed by atoms with Gasteiger partial charge in [0, 0.05) is 22.7 Å². The highest BCUT2D eigenvalue weighted by atomic mass is 35.5. The summed E-state index contributed by atoms with van der Waals surface area (Å²) in [6.45, 7) is -1.26. The molecule has 0 unspecified atom stereocenters. The molecule has 0 radical (unpaired) electrons. The minimum absolute atomic E-state index is 0. The Morgan fingerprint density at radius 1 is 1.35 bits per heavy atom. The number of halogens is 3. The molecule has 0 aliphatic rings. The van der Waals surface area contributed by atoms with E-state index >= 15 is 0 Å². The molecule has 2 aromatic rings. The number of hydrogen-bond acceptors (Lipinski definition) is 2. The van der Waals surface area contributed by atoms with E-state index in [1.807, 2.05) is 0 Å². The predicted octanol–water partition coefficient (Wildman–Crippen LogP) is 2.22. The summed E-state index contributed by atoms with van der Waals surface area (Å²) >= 11 is 0. The van der Waals surface area contributed by atoms with E-state index in [0.717, 1.165) is 5.52 Å². The fraction of sp³-hybridized carbons (Fsp3) is 0.273. The maximum absolute atomic E-state index is 13.2. The second-order valence-electron chi connectivity index (χ2n) is 3.69. The number of aromatic nitrogens is 1. The monoisotopic (exact) mass is 262 g/mol. The number of para-hydroxylation sites is 1. The molecule has 2 rings (SSSR count). The number of nitrogens with two attached hydrogens (primary N) is 1. The Hall–Kier alpha value is -1.17. The summed E-state index contributed by atoms with van der Waals surface area (Å²) in [6, 6.07) is 5.55. The molecule has 0 fully saturated rings. The number of hydrogen-bond donors (Lipinski definition) is 3. The minimum atomic E-state index is -3.31. The molecule has 0 bridgehead atoms. The van der Waals surface area contributed by atoms with Crippen molar-refractivity contribution in [3.63, 3.8) is 0 Å². The molecule has 94 valence electrons. The number of nitrogens with one attached hydrogen (secondary N) is 1. The molecule has 1 heterocycles. The number of benzene rings is 1. The molecule has 6 heteroatoms. The molecular weight excluding hydrogens is 250 g/mol. The predicted molar refractivity (Wildman–Crippen MR) is 64.5 cm³/mol. The van der Waals surface area contributed by atoms with E-state index in [1.54, 1.807) is 24.3 Å². The topological polar surface area (TPSA) is 62.0 Å². The van der Waals surface area contributed by atoms with Crippen LogP contribution >= 0.6 is 12.4 Å². The fourth-order valence-corrected chi connectivity index (χ4v) is 1.68. The second-order valence-corrected chi connectivity index (χ2v) is 3.69. The van der Waals surface area contributed by atoms with Crippen LogP contribution < -0.4 is 5.73 Å². The van der Waals surface area contributed by atoms with Gasteiger partial charge in [-0.05, 0) is 6.07 Å². The number of alkyl halides is 2. The van der Waals surface area contributed by atoms with Crippen molar-refractivity contribution in [3.8, 4) is 0 Å². The third-order valence-corrected chi connectivity index (χ3v) is 2.62. The zero-order valence-electron chi connectivity index (χ0n) is 8.86. The third-order valence-electron chi connectivity index (χ3n) is 2.62. The first kappa shape index (κ1) is 13.9. The van der Waals surface area contributed by atoms with Gasteiger partial charge < -0.3 is 15.8 Å². The summed E-state index contributed by atoms with van der Waals surface area (Å²) in [5.74, 6) is -3.31. The van der Waals surface area contributed by atoms with Crippen LogP contribution in [0.4, 0.5) is 8.78 Å². The fourth-order valence-electron chi connectivity index (χ4n) is 1.68. The lowest BCUT2D eigenvalue weighted by molar-refractivity contribution is -0.0708. The highest BCUT2D eigenvalue weighted by Gasteiger charge is 2.38. The SMILES string of the molecule is Cl.N[C@@H](c1c[nH]c2ccccc12)C(F)(F)CO. The van der Waals surface area contributed by atoms with Crippen molar-refractivity contribution in [1.29, 1.82) is 0 Å². The number of aliphatic hydroxyl groups is 1. The average Bonchev–Trinajstić information content (AvgIpc) is 2.71. The molecule has 4 N–H and O–H groups in total. The third kappa shape index (κ3) is 2.41. The van der Waals surface area contributed by atoms with E-state index in [2.05, 4.69) is 4.98 Å². The minimum Gasteiger partial charge on any atom is -0.390 e. The van der Waals surface area contributed by atoms with E-state index < -0.39 is 18.6 Å². The molecule has 1 aromatic heterocycles. The molecular formula is C11H13ClF2N2O. The molecule has 0 spiro atoms. The van der Waals surface area contributed by atoms with Crippen LogP contribution in [0.15, 0.2) is 30.5 Å². The van der Waals surface area contributed by atoms with E-state index in [9.17, 15) is 8.78 Å². The van der Waals surface area contributed by atoms with E-state index in [4.69, 9.17) is 10.8 Å².